The number of hydrogen-bond acceptors (Lipinski definition) is 1. The molecule has 0 aliphatic heterocycles. The van der Waals surface area contributed by atoms with Gasteiger partial charge in [-0.05, 0) is 44.4 Å². The number of nitrogens with two attached hydrogens (primary N) is 1. The van der Waals surface area contributed by atoms with E-state index in [1.54, 1.807) is 0 Å². The third-order valence-electron chi connectivity index (χ3n) is 3.67. The van der Waals surface area contributed by atoms with Crippen LogP contribution in [-0.2, 0) is 0 Å². The van der Waals surface area contributed by atoms with Gasteiger partial charge in [-0.3, -0.25) is 0 Å². The molecule has 2 fully saturated rings. The van der Waals surface area contributed by atoms with E-state index in [4.69, 9.17) is 5.73 Å². The van der Waals surface area contributed by atoms with Crippen LogP contribution in [0, 0.1) is 5.41 Å². The molecule has 0 bridgehead atoms. The summed E-state index contributed by atoms with van der Waals surface area (Å²) in [6, 6.07) is 0. The van der Waals surface area contributed by atoms with Crippen LogP contribution in [0.15, 0.2) is 0 Å². The molecule has 1 unspecified atom stereocenters. The van der Waals surface area contributed by atoms with E-state index in [1.165, 1.54) is 44.9 Å². The first kappa shape index (κ1) is 11.0. The highest BCUT2D eigenvalue weighted by atomic mass is 14.8. The van der Waals surface area contributed by atoms with E-state index < -0.39 is 0 Å². The molecule has 0 amide bonds. The average molecular weight is 183 g/mol. The molecule has 2 aliphatic rings. The molecule has 1 spiro atoms. The Labute approximate surface area is 83.1 Å². The quantitative estimate of drug-likeness (QED) is 0.611. The Bertz CT molecular complexity index is 155. The monoisotopic (exact) mass is 183 g/mol. The molecule has 78 valence electrons. The fourth-order valence-corrected chi connectivity index (χ4v) is 3.14. The van der Waals surface area contributed by atoms with Gasteiger partial charge in [0.1, 0.15) is 0 Å². The maximum atomic E-state index is 6.13. The minimum atomic E-state index is 0.171. The Morgan fingerprint density at radius 2 is 1.46 bits per heavy atom. The van der Waals surface area contributed by atoms with Gasteiger partial charge in [0.2, 0.25) is 0 Å². The summed E-state index contributed by atoms with van der Waals surface area (Å²) in [5.74, 6) is 0. The third-order valence-corrected chi connectivity index (χ3v) is 3.67. The molecule has 0 radical (unpaired) electrons. The van der Waals surface area contributed by atoms with Crippen molar-refractivity contribution in [2.75, 3.05) is 0 Å². The fraction of sp³-hybridized carbons (Fsp3) is 1.00. The van der Waals surface area contributed by atoms with Crippen molar-refractivity contribution >= 4 is 0 Å². The molecule has 0 saturated heterocycles. The van der Waals surface area contributed by atoms with E-state index >= 15 is 0 Å². The Kier molecular flexibility index (Phi) is 3.39. The molecule has 2 aliphatic carbocycles. The molecule has 0 aromatic heterocycles. The first-order valence-electron chi connectivity index (χ1n) is 5.91. The summed E-state index contributed by atoms with van der Waals surface area (Å²) in [6.45, 7) is 6.22. The molecule has 2 rings (SSSR count). The van der Waals surface area contributed by atoms with Crippen molar-refractivity contribution in [1.29, 1.82) is 0 Å². The molecule has 2 saturated carbocycles. The minimum absolute atomic E-state index is 0.171. The Morgan fingerprint density at radius 1 is 0.923 bits per heavy atom. The highest BCUT2D eigenvalue weighted by molar-refractivity contribution is 5.00. The van der Waals surface area contributed by atoms with Crippen LogP contribution in [0.2, 0.25) is 0 Å². The van der Waals surface area contributed by atoms with Crippen LogP contribution < -0.4 is 5.73 Å². The van der Waals surface area contributed by atoms with Crippen LogP contribution in [0.3, 0.4) is 0 Å². The second kappa shape index (κ2) is 4.00. The molecule has 0 heterocycles. The highest BCUT2D eigenvalue weighted by Gasteiger charge is 2.44. The molecule has 0 aromatic rings. The summed E-state index contributed by atoms with van der Waals surface area (Å²) in [7, 11) is 0. The molecule has 1 heteroatoms. The first-order chi connectivity index (χ1) is 6.12. The van der Waals surface area contributed by atoms with Gasteiger partial charge in [0.05, 0.1) is 0 Å². The average Bonchev–Trinajstić information content (AvgIpc) is 2.65. The van der Waals surface area contributed by atoms with Crippen molar-refractivity contribution in [3.05, 3.63) is 0 Å². The predicted octanol–water partition coefficient (Wildman–Crippen LogP) is 3.47. The summed E-state index contributed by atoms with van der Waals surface area (Å²) >= 11 is 0. The number of rotatable bonds is 0. The fourth-order valence-electron chi connectivity index (χ4n) is 3.14. The predicted molar refractivity (Wildman–Crippen MR) is 58.7 cm³/mol. The first-order valence-corrected chi connectivity index (χ1v) is 5.91. The van der Waals surface area contributed by atoms with E-state index in [-0.39, 0.29) is 5.54 Å². The van der Waals surface area contributed by atoms with Crippen molar-refractivity contribution in [3.8, 4) is 0 Å². The second-order valence-corrected chi connectivity index (χ2v) is 5.04. The zero-order valence-electron chi connectivity index (χ0n) is 9.53. The van der Waals surface area contributed by atoms with E-state index in [0.29, 0.717) is 5.41 Å². The van der Waals surface area contributed by atoms with Gasteiger partial charge in [-0.2, -0.15) is 0 Å². The lowest BCUT2D eigenvalue weighted by Gasteiger charge is -2.25. The van der Waals surface area contributed by atoms with Gasteiger partial charge >= 0.3 is 0 Å². The summed E-state index contributed by atoms with van der Waals surface area (Å²) in [4.78, 5) is 0. The Hall–Kier alpha value is -0.0400. The van der Waals surface area contributed by atoms with Gasteiger partial charge in [-0.1, -0.05) is 26.7 Å². The van der Waals surface area contributed by atoms with Crippen LogP contribution in [0.4, 0.5) is 0 Å². The van der Waals surface area contributed by atoms with Gasteiger partial charge in [0.25, 0.3) is 0 Å². The van der Waals surface area contributed by atoms with Crippen LogP contribution in [0.1, 0.15) is 65.7 Å². The van der Waals surface area contributed by atoms with E-state index in [1.807, 2.05) is 13.8 Å². The minimum Gasteiger partial charge on any atom is -0.325 e. The zero-order chi connectivity index (χ0) is 9.95. The molecule has 13 heavy (non-hydrogen) atoms. The van der Waals surface area contributed by atoms with Crippen molar-refractivity contribution in [3.63, 3.8) is 0 Å². The summed E-state index contributed by atoms with van der Waals surface area (Å²) in [5.41, 5.74) is 7.00. The van der Waals surface area contributed by atoms with E-state index in [9.17, 15) is 0 Å². The molecular weight excluding hydrogens is 158 g/mol. The lowest BCUT2D eigenvalue weighted by atomic mass is 9.83. The van der Waals surface area contributed by atoms with Gasteiger partial charge in [0, 0.05) is 5.54 Å². The third kappa shape index (κ3) is 2.46. The topological polar surface area (TPSA) is 26.0 Å². The van der Waals surface area contributed by atoms with Crippen molar-refractivity contribution < 1.29 is 0 Å². The summed E-state index contributed by atoms with van der Waals surface area (Å²) < 4.78 is 0. The highest BCUT2D eigenvalue weighted by Crippen LogP contribution is 2.53. The smallest absolute Gasteiger partial charge is 0.0131 e. The SMILES string of the molecule is CC.CC1(N)CCC2(CCCC2)C1. The molecule has 2 N–H and O–H groups in total. The Balaban J connectivity index is 0.000000396. The lowest BCUT2D eigenvalue weighted by Crippen LogP contribution is -2.33. The van der Waals surface area contributed by atoms with Crippen molar-refractivity contribution in [2.45, 2.75) is 71.3 Å². The van der Waals surface area contributed by atoms with Crippen LogP contribution >= 0.6 is 0 Å². The van der Waals surface area contributed by atoms with Gasteiger partial charge in [0.15, 0.2) is 0 Å². The van der Waals surface area contributed by atoms with Gasteiger partial charge in [-0.25, -0.2) is 0 Å². The second-order valence-electron chi connectivity index (χ2n) is 5.04. The normalized spacial score (nSPS) is 36.0. The van der Waals surface area contributed by atoms with Crippen molar-refractivity contribution in [1.82, 2.24) is 0 Å². The Morgan fingerprint density at radius 3 is 1.85 bits per heavy atom. The van der Waals surface area contributed by atoms with Crippen LogP contribution in [0.25, 0.3) is 0 Å². The number of hydrogen-bond donors (Lipinski definition) is 1. The summed E-state index contributed by atoms with van der Waals surface area (Å²) in [5, 5.41) is 0. The molecular formula is C12H25N. The van der Waals surface area contributed by atoms with E-state index in [0.717, 1.165) is 0 Å². The standard InChI is InChI=1S/C10H19N.C2H6/c1-9(11)6-7-10(8-9)4-2-3-5-10;1-2/h2-8,11H2,1H3;1-2H3. The maximum Gasteiger partial charge on any atom is 0.0131 e. The summed E-state index contributed by atoms with van der Waals surface area (Å²) in [6.07, 6.45) is 9.78. The molecule has 1 nitrogen and oxygen atoms in total. The maximum absolute atomic E-state index is 6.13. The van der Waals surface area contributed by atoms with Gasteiger partial charge in [-0.15, -0.1) is 0 Å². The molecule has 1 atom stereocenters. The van der Waals surface area contributed by atoms with Crippen LogP contribution in [0.5, 0.6) is 0 Å². The van der Waals surface area contributed by atoms with Gasteiger partial charge < -0.3 is 5.73 Å². The zero-order valence-corrected chi connectivity index (χ0v) is 9.53. The largest absolute Gasteiger partial charge is 0.325 e. The van der Waals surface area contributed by atoms with E-state index in [2.05, 4.69) is 6.92 Å². The van der Waals surface area contributed by atoms with Crippen molar-refractivity contribution in [2.24, 2.45) is 11.1 Å². The lowest BCUT2D eigenvalue weighted by molar-refractivity contribution is 0.287. The molecule has 0 aromatic carbocycles. The van der Waals surface area contributed by atoms with Crippen LogP contribution in [-0.4, -0.2) is 5.54 Å².